The summed E-state index contributed by atoms with van der Waals surface area (Å²) < 4.78 is 87.2. The molecule has 0 amide bonds. The zero-order chi connectivity index (χ0) is 16.5. The van der Waals surface area contributed by atoms with Crippen molar-refractivity contribution in [2.45, 2.75) is 0 Å². The average molecular weight is 450 g/mol. The Labute approximate surface area is 134 Å². The van der Waals surface area contributed by atoms with Gasteiger partial charge in [0, 0.05) is 0 Å². The Bertz CT molecular complexity index is 727. The van der Waals surface area contributed by atoms with E-state index in [1.54, 1.807) is 6.07 Å². The number of benzene rings is 2. The Hall–Kier alpha value is -1.35. The minimum atomic E-state index is -4.21. The Morgan fingerprint density at radius 1 is 0.773 bits per heavy atom. The van der Waals surface area contributed by atoms with E-state index in [1.165, 1.54) is 24.3 Å². The van der Waals surface area contributed by atoms with Gasteiger partial charge in [0.2, 0.25) is 34.8 Å². The first-order valence-electron chi connectivity index (χ1n) is 5.48. The lowest BCUT2D eigenvalue weighted by atomic mass is 10.3. The molecule has 0 aromatic heterocycles. The van der Waals surface area contributed by atoms with Crippen molar-refractivity contribution in [2.24, 2.45) is 0 Å². The molecule has 0 aliphatic heterocycles. The Morgan fingerprint density at radius 2 is 1.23 bits per heavy atom. The fraction of sp³-hybridized carbons (Fsp3) is 0. The smallest absolute Gasteiger partial charge is 0.409 e. The number of hydrogen-bond donors (Lipinski definition) is 0. The van der Waals surface area contributed by atoms with E-state index in [0.29, 0.717) is 0 Å². The number of para-hydroxylation sites is 1. The molecule has 0 fully saturated rings. The lowest BCUT2D eigenvalue weighted by Gasteiger charge is -2.15. The highest BCUT2D eigenvalue weighted by Crippen LogP contribution is 2.57. The largest absolute Gasteiger partial charge is 0.490 e. The molecule has 0 aliphatic carbocycles. The van der Waals surface area contributed by atoms with Gasteiger partial charge in [0.1, 0.15) is 5.75 Å². The first kappa shape index (κ1) is 17.0. The molecule has 1 atom stereocenters. The van der Waals surface area contributed by atoms with Crippen LogP contribution in [0.1, 0.15) is 0 Å². The van der Waals surface area contributed by atoms with Crippen LogP contribution in [0.15, 0.2) is 30.3 Å². The fourth-order valence-electron chi connectivity index (χ4n) is 1.40. The highest BCUT2D eigenvalue weighted by molar-refractivity contribution is 14.2. The molecule has 3 nitrogen and oxygen atoms in total. The predicted octanol–water partition coefficient (Wildman–Crippen LogP) is 5.38. The SMILES string of the molecule is O=P(I)(Oc1ccccc1)Oc1c(F)c(F)c(F)c(F)c1F. The van der Waals surface area contributed by atoms with Gasteiger partial charge in [-0.2, -0.15) is 8.78 Å². The molecule has 1 unspecified atom stereocenters. The fourth-order valence-corrected chi connectivity index (χ4v) is 3.46. The van der Waals surface area contributed by atoms with Gasteiger partial charge in [0.25, 0.3) is 0 Å². The van der Waals surface area contributed by atoms with Crippen molar-refractivity contribution in [1.29, 1.82) is 0 Å². The highest BCUT2D eigenvalue weighted by Gasteiger charge is 2.33. The van der Waals surface area contributed by atoms with E-state index in [0.717, 1.165) is 22.0 Å². The van der Waals surface area contributed by atoms with Crippen molar-refractivity contribution in [1.82, 2.24) is 0 Å². The third kappa shape index (κ3) is 3.52. The van der Waals surface area contributed by atoms with Gasteiger partial charge >= 0.3 is 5.24 Å². The van der Waals surface area contributed by atoms with Crippen LogP contribution in [-0.2, 0) is 4.57 Å². The summed E-state index contributed by atoms with van der Waals surface area (Å²) in [6.45, 7) is 0. The van der Waals surface area contributed by atoms with Crippen molar-refractivity contribution in [3.8, 4) is 11.5 Å². The first-order valence-corrected chi connectivity index (χ1v) is 9.81. The lowest BCUT2D eigenvalue weighted by Crippen LogP contribution is -2.06. The first-order chi connectivity index (χ1) is 10.2. The standard InChI is InChI=1S/C12H5F5IO3P/c13-7-8(14)10(16)12(11(17)9(7)15)21-22(18,19)20-6-4-2-1-3-5-6/h1-5H. The molecule has 0 radical (unpaired) electrons. The molecule has 118 valence electrons. The third-order valence-corrected chi connectivity index (χ3v) is 4.34. The van der Waals surface area contributed by atoms with Gasteiger partial charge in [-0.25, -0.2) is 17.7 Å². The highest BCUT2D eigenvalue weighted by atomic mass is 127. The van der Waals surface area contributed by atoms with Crippen LogP contribution in [0.4, 0.5) is 22.0 Å². The van der Waals surface area contributed by atoms with Crippen molar-refractivity contribution < 1.29 is 35.6 Å². The summed E-state index contributed by atoms with van der Waals surface area (Å²) in [4.78, 5) is 0. The normalized spacial score (nSPS) is 13.5. The van der Waals surface area contributed by atoms with Gasteiger partial charge in [-0.15, -0.1) is 0 Å². The lowest BCUT2D eigenvalue weighted by molar-refractivity contribution is 0.335. The topological polar surface area (TPSA) is 35.5 Å². The van der Waals surface area contributed by atoms with Crippen LogP contribution in [-0.4, -0.2) is 0 Å². The number of halogens is 6. The van der Waals surface area contributed by atoms with Crippen LogP contribution in [0.25, 0.3) is 0 Å². The summed E-state index contributed by atoms with van der Waals surface area (Å²) in [6.07, 6.45) is 0. The van der Waals surface area contributed by atoms with E-state index in [2.05, 4.69) is 4.52 Å². The van der Waals surface area contributed by atoms with Crippen LogP contribution in [0.2, 0.25) is 0 Å². The zero-order valence-corrected chi connectivity index (χ0v) is 13.4. The molecule has 10 heteroatoms. The maximum absolute atomic E-state index is 13.4. The van der Waals surface area contributed by atoms with Gasteiger partial charge < -0.3 is 9.05 Å². The molecule has 0 saturated carbocycles. The maximum Gasteiger partial charge on any atom is 0.490 e. The number of rotatable bonds is 4. The molecular formula is C12H5F5IO3P. The van der Waals surface area contributed by atoms with Gasteiger partial charge in [-0.05, 0) is 12.1 Å². The molecule has 22 heavy (non-hydrogen) atoms. The van der Waals surface area contributed by atoms with Crippen LogP contribution < -0.4 is 9.05 Å². The average Bonchev–Trinajstić information content (AvgIpc) is 2.48. The van der Waals surface area contributed by atoms with E-state index in [4.69, 9.17) is 4.52 Å². The van der Waals surface area contributed by atoms with Crippen molar-refractivity contribution in [2.75, 3.05) is 0 Å². The molecule has 2 aromatic carbocycles. The summed E-state index contributed by atoms with van der Waals surface area (Å²) >= 11 is 1.09. The van der Waals surface area contributed by atoms with Gasteiger partial charge in [-0.3, -0.25) is 0 Å². The Balaban J connectivity index is 2.36. The van der Waals surface area contributed by atoms with Gasteiger partial charge in [0.05, 0.1) is 22.0 Å². The third-order valence-electron chi connectivity index (χ3n) is 2.33. The number of hydrogen-bond acceptors (Lipinski definition) is 3. The summed E-state index contributed by atoms with van der Waals surface area (Å²) in [5.74, 6) is -12.8. The van der Waals surface area contributed by atoms with Gasteiger partial charge in [-0.1, -0.05) is 18.2 Å². The predicted molar refractivity (Wildman–Crippen MR) is 75.6 cm³/mol. The molecule has 0 bridgehead atoms. The van der Waals surface area contributed by atoms with Crippen molar-refractivity contribution in [3.05, 3.63) is 59.4 Å². The van der Waals surface area contributed by atoms with Crippen LogP contribution in [0.5, 0.6) is 11.5 Å². The van der Waals surface area contributed by atoms with Crippen molar-refractivity contribution in [3.63, 3.8) is 0 Å². The molecule has 0 saturated heterocycles. The van der Waals surface area contributed by atoms with E-state index >= 15 is 0 Å². The van der Waals surface area contributed by atoms with E-state index in [1.807, 2.05) is 0 Å². The second kappa shape index (κ2) is 6.41. The summed E-state index contributed by atoms with van der Waals surface area (Å²) in [6, 6.07) is 7.39. The Morgan fingerprint density at radius 3 is 1.73 bits per heavy atom. The minimum absolute atomic E-state index is 0.0316. The van der Waals surface area contributed by atoms with Crippen LogP contribution in [0.3, 0.4) is 0 Å². The monoisotopic (exact) mass is 450 g/mol. The van der Waals surface area contributed by atoms with Crippen LogP contribution >= 0.6 is 27.3 Å². The molecule has 2 aromatic rings. The molecular weight excluding hydrogens is 445 g/mol. The van der Waals surface area contributed by atoms with Crippen LogP contribution in [0, 0.1) is 29.1 Å². The van der Waals surface area contributed by atoms with E-state index in [9.17, 15) is 26.5 Å². The van der Waals surface area contributed by atoms with E-state index in [-0.39, 0.29) is 5.75 Å². The van der Waals surface area contributed by atoms with E-state index < -0.39 is 40.1 Å². The molecule has 0 spiro atoms. The zero-order valence-electron chi connectivity index (χ0n) is 10.3. The summed E-state index contributed by atoms with van der Waals surface area (Å²) in [7, 11) is 0. The maximum atomic E-state index is 13.4. The van der Waals surface area contributed by atoms with Crippen molar-refractivity contribution >= 4 is 27.3 Å². The Kier molecular flexibility index (Phi) is 4.96. The molecule has 0 aliphatic rings. The molecule has 2 rings (SSSR count). The van der Waals surface area contributed by atoms with Gasteiger partial charge in [0.15, 0.2) is 0 Å². The minimum Gasteiger partial charge on any atom is -0.409 e. The second-order valence-corrected chi connectivity index (χ2v) is 8.60. The summed E-state index contributed by atoms with van der Waals surface area (Å²) in [5, 5.41) is -4.21. The quantitative estimate of drug-likeness (QED) is 0.206. The summed E-state index contributed by atoms with van der Waals surface area (Å²) in [5.41, 5.74) is 0. The molecule has 0 N–H and O–H groups in total. The molecule has 0 heterocycles. The second-order valence-electron chi connectivity index (χ2n) is 3.83.